The van der Waals surface area contributed by atoms with Gasteiger partial charge in [-0.2, -0.15) is 13.2 Å². The van der Waals surface area contributed by atoms with Crippen LogP contribution in [0.4, 0.5) is 18.9 Å². The third-order valence-corrected chi connectivity index (χ3v) is 4.53. The fraction of sp³-hybridized carbons (Fsp3) is 0.368. The zero-order valence-electron chi connectivity index (χ0n) is 14.4. The molecule has 1 saturated heterocycles. The van der Waals surface area contributed by atoms with E-state index in [1.165, 1.54) is 11.1 Å². The van der Waals surface area contributed by atoms with Crippen molar-refractivity contribution in [3.05, 3.63) is 59.4 Å². The van der Waals surface area contributed by atoms with Gasteiger partial charge in [-0.1, -0.05) is 12.1 Å². The molecule has 0 spiro atoms. The van der Waals surface area contributed by atoms with Gasteiger partial charge in [0.2, 0.25) is 0 Å². The molecule has 0 bridgehead atoms. The molecule has 7 heteroatoms. The Hall–Kier alpha value is -2.57. The molecule has 1 amide bonds. The van der Waals surface area contributed by atoms with Crippen LogP contribution in [-0.4, -0.2) is 34.9 Å². The highest BCUT2D eigenvalue weighted by molar-refractivity contribution is 5.95. The van der Waals surface area contributed by atoms with Crippen molar-refractivity contribution in [2.45, 2.75) is 32.0 Å². The summed E-state index contributed by atoms with van der Waals surface area (Å²) < 4.78 is 39.3. The van der Waals surface area contributed by atoms with Gasteiger partial charge in [-0.3, -0.25) is 9.78 Å². The second-order valence-corrected chi connectivity index (χ2v) is 6.50. The minimum absolute atomic E-state index is 0.195. The number of amides is 1. The van der Waals surface area contributed by atoms with Crippen molar-refractivity contribution in [2.24, 2.45) is 0 Å². The first kappa shape index (κ1) is 18.2. The standard InChI is InChI=1S/C19H20F3N3O/c1-13-3-2-4-15(11-13)24-14-6-9-25(10-7-14)18(26)16-5-8-23-12-17(16)19(20,21)22/h2-5,8,11-12,14,24H,6-7,9-10H2,1H3. The quantitative estimate of drug-likeness (QED) is 0.892. The van der Waals surface area contributed by atoms with E-state index in [4.69, 9.17) is 0 Å². The molecule has 0 unspecified atom stereocenters. The van der Waals surface area contributed by atoms with E-state index in [9.17, 15) is 18.0 Å². The molecule has 138 valence electrons. The maximum Gasteiger partial charge on any atom is 0.418 e. The smallest absolute Gasteiger partial charge is 0.382 e. The maximum absolute atomic E-state index is 13.1. The van der Waals surface area contributed by atoms with Crippen LogP contribution in [0.3, 0.4) is 0 Å². The van der Waals surface area contributed by atoms with Gasteiger partial charge in [0.25, 0.3) is 5.91 Å². The van der Waals surface area contributed by atoms with E-state index in [2.05, 4.69) is 10.3 Å². The predicted octanol–water partition coefficient (Wildman–Crippen LogP) is 4.13. The molecular weight excluding hydrogens is 343 g/mol. The van der Waals surface area contributed by atoms with Gasteiger partial charge in [0, 0.05) is 37.2 Å². The van der Waals surface area contributed by atoms with Crippen molar-refractivity contribution in [1.29, 1.82) is 0 Å². The summed E-state index contributed by atoms with van der Waals surface area (Å²) in [5.41, 5.74) is 0.853. The molecule has 3 rings (SSSR count). The van der Waals surface area contributed by atoms with E-state index in [1.54, 1.807) is 0 Å². The normalized spacial score (nSPS) is 15.8. The monoisotopic (exact) mass is 363 g/mol. The number of nitrogens with one attached hydrogen (secondary N) is 1. The van der Waals surface area contributed by atoms with Gasteiger partial charge in [0.05, 0.1) is 11.1 Å². The lowest BCUT2D eigenvalue weighted by Crippen LogP contribution is -2.43. The molecule has 0 radical (unpaired) electrons. The van der Waals surface area contributed by atoms with Crippen molar-refractivity contribution in [3.63, 3.8) is 0 Å². The first-order valence-electron chi connectivity index (χ1n) is 8.48. The van der Waals surface area contributed by atoms with Crippen LogP contribution < -0.4 is 5.32 Å². The van der Waals surface area contributed by atoms with Crippen LogP contribution >= 0.6 is 0 Å². The Labute approximate surface area is 150 Å². The van der Waals surface area contributed by atoms with Crippen LogP contribution in [-0.2, 0) is 6.18 Å². The molecule has 4 nitrogen and oxygen atoms in total. The zero-order chi connectivity index (χ0) is 18.7. The first-order valence-corrected chi connectivity index (χ1v) is 8.48. The van der Waals surface area contributed by atoms with E-state index < -0.39 is 17.6 Å². The molecule has 1 fully saturated rings. The Bertz CT molecular complexity index is 784. The average Bonchev–Trinajstić information content (AvgIpc) is 2.61. The van der Waals surface area contributed by atoms with E-state index in [1.807, 2.05) is 31.2 Å². The van der Waals surface area contributed by atoms with Crippen molar-refractivity contribution in [1.82, 2.24) is 9.88 Å². The minimum atomic E-state index is -4.59. The van der Waals surface area contributed by atoms with Crippen molar-refractivity contribution < 1.29 is 18.0 Å². The summed E-state index contributed by atoms with van der Waals surface area (Å²) in [7, 11) is 0. The summed E-state index contributed by atoms with van der Waals surface area (Å²) in [5.74, 6) is -0.589. The topological polar surface area (TPSA) is 45.2 Å². The van der Waals surface area contributed by atoms with Gasteiger partial charge in [-0.15, -0.1) is 0 Å². The summed E-state index contributed by atoms with van der Waals surface area (Å²) >= 11 is 0. The molecule has 26 heavy (non-hydrogen) atoms. The second kappa shape index (κ2) is 7.35. The number of pyridine rings is 1. The fourth-order valence-electron chi connectivity index (χ4n) is 3.17. The SMILES string of the molecule is Cc1cccc(NC2CCN(C(=O)c3ccncc3C(F)(F)F)CC2)c1. The van der Waals surface area contributed by atoms with Gasteiger partial charge >= 0.3 is 6.18 Å². The van der Waals surface area contributed by atoms with E-state index in [-0.39, 0.29) is 11.6 Å². The molecule has 1 aromatic carbocycles. The van der Waals surface area contributed by atoms with Crippen LogP contribution in [0.15, 0.2) is 42.7 Å². The van der Waals surface area contributed by atoms with Gasteiger partial charge in [-0.05, 0) is 43.5 Å². The second-order valence-electron chi connectivity index (χ2n) is 6.50. The number of carbonyl (C=O) groups is 1. The lowest BCUT2D eigenvalue weighted by Gasteiger charge is -2.33. The molecule has 1 N–H and O–H groups in total. The lowest BCUT2D eigenvalue weighted by molar-refractivity contribution is -0.138. The Morgan fingerprint density at radius 1 is 1.23 bits per heavy atom. The van der Waals surface area contributed by atoms with Gasteiger partial charge in [0.1, 0.15) is 0 Å². The lowest BCUT2D eigenvalue weighted by atomic mass is 10.0. The number of hydrogen-bond donors (Lipinski definition) is 1. The molecule has 1 aliphatic rings. The van der Waals surface area contributed by atoms with E-state index >= 15 is 0 Å². The Morgan fingerprint density at radius 3 is 2.62 bits per heavy atom. The number of nitrogens with zero attached hydrogens (tertiary/aromatic N) is 2. The number of halogens is 3. The number of anilines is 1. The summed E-state index contributed by atoms with van der Waals surface area (Å²) in [6, 6.07) is 9.35. The highest BCUT2D eigenvalue weighted by atomic mass is 19.4. The van der Waals surface area contributed by atoms with Crippen molar-refractivity contribution in [2.75, 3.05) is 18.4 Å². The number of benzene rings is 1. The number of aromatic nitrogens is 1. The summed E-state index contributed by atoms with van der Waals surface area (Å²) in [6.07, 6.45) is -1.30. The Kier molecular flexibility index (Phi) is 5.15. The largest absolute Gasteiger partial charge is 0.418 e. The van der Waals surface area contributed by atoms with E-state index in [0.29, 0.717) is 32.1 Å². The number of hydrogen-bond acceptors (Lipinski definition) is 3. The zero-order valence-corrected chi connectivity index (χ0v) is 14.4. The molecule has 1 aliphatic heterocycles. The molecule has 0 atom stereocenters. The summed E-state index contributed by atoms with van der Waals surface area (Å²) in [6.45, 7) is 2.85. The Morgan fingerprint density at radius 2 is 1.96 bits per heavy atom. The molecule has 2 heterocycles. The molecular formula is C19H20F3N3O. The maximum atomic E-state index is 13.1. The average molecular weight is 363 g/mol. The van der Waals surface area contributed by atoms with Gasteiger partial charge in [0.15, 0.2) is 0 Å². The van der Waals surface area contributed by atoms with Gasteiger partial charge < -0.3 is 10.2 Å². The highest BCUT2D eigenvalue weighted by Crippen LogP contribution is 2.32. The number of alkyl halides is 3. The molecule has 2 aromatic rings. The molecule has 1 aromatic heterocycles. The van der Waals surface area contributed by atoms with Crippen molar-refractivity contribution in [3.8, 4) is 0 Å². The van der Waals surface area contributed by atoms with Crippen LogP contribution in [0.5, 0.6) is 0 Å². The number of rotatable bonds is 3. The third kappa shape index (κ3) is 4.15. The van der Waals surface area contributed by atoms with Crippen molar-refractivity contribution >= 4 is 11.6 Å². The number of piperidine rings is 1. The molecule has 0 saturated carbocycles. The van der Waals surface area contributed by atoms with Gasteiger partial charge in [-0.25, -0.2) is 0 Å². The third-order valence-electron chi connectivity index (χ3n) is 4.53. The number of likely N-dealkylation sites (tertiary alicyclic amines) is 1. The van der Waals surface area contributed by atoms with Crippen LogP contribution in [0.1, 0.15) is 34.3 Å². The Balaban J connectivity index is 1.64. The minimum Gasteiger partial charge on any atom is -0.382 e. The first-order chi connectivity index (χ1) is 12.3. The highest BCUT2D eigenvalue weighted by Gasteiger charge is 2.37. The summed E-state index contributed by atoms with van der Waals surface area (Å²) in [5, 5.41) is 3.43. The van der Waals surface area contributed by atoms with Crippen LogP contribution in [0, 0.1) is 6.92 Å². The predicted molar refractivity (Wildman–Crippen MR) is 93.0 cm³/mol. The number of aryl methyl sites for hydroxylation is 1. The fourth-order valence-corrected chi connectivity index (χ4v) is 3.17. The summed E-state index contributed by atoms with van der Waals surface area (Å²) in [4.78, 5) is 17.5. The molecule has 0 aliphatic carbocycles. The van der Waals surface area contributed by atoms with E-state index in [0.717, 1.165) is 17.3 Å². The van der Waals surface area contributed by atoms with Crippen LogP contribution in [0.25, 0.3) is 0 Å². The number of carbonyl (C=O) groups excluding carboxylic acids is 1. The van der Waals surface area contributed by atoms with Crippen LogP contribution in [0.2, 0.25) is 0 Å².